The Morgan fingerprint density at radius 2 is 1.95 bits per heavy atom. The van der Waals surface area contributed by atoms with Crippen LogP contribution in [0.25, 0.3) is 0 Å². The normalized spacial score (nSPS) is 10.2. The van der Waals surface area contributed by atoms with Gasteiger partial charge >= 0.3 is 0 Å². The summed E-state index contributed by atoms with van der Waals surface area (Å²) in [4.78, 5) is 12.2. The standard InChI is InChI=1S/C14H12Cl2N2O2/c1-20-13-7-9(17)3-4-10(13)14(19)18-12-6-8(15)2-5-11(12)16/h2-7H,17H2,1H3,(H,18,19). The summed E-state index contributed by atoms with van der Waals surface area (Å²) in [5, 5.41) is 3.57. The summed E-state index contributed by atoms with van der Waals surface area (Å²) in [6.45, 7) is 0. The van der Waals surface area contributed by atoms with Crippen LogP contribution in [0.15, 0.2) is 36.4 Å². The van der Waals surface area contributed by atoms with E-state index in [-0.39, 0.29) is 5.91 Å². The number of halogens is 2. The lowest BCUT2D eigenvalue weighted by molar-refractivity contribution is 0.102. The minimum absolute atomic E-state index is 0.356. The quantitative estimate of drug-likeness (QED) is 0.847. The summed E-state index contributed by atoms with van der Waals surface area (Å²) >= 11 is 11.9. The van der Waals surface area contributed by atoms with E-state index in [4.69, 9.17) is 33.7 Å². The highest BCUT2D eigenvalue weighted by Gasteiger charge is 2.14. The Balaban J connectivity index is 2.30. The minimum Gasteiger partial charge on any atom is -0.496 e. The molecule has 0 saturated carbocycles. The van der Waals surface area contributed by atoms with Crippen molar-refractivity contribution < 1.29 is 9.53 Å². The van der Waals surface area contributed by atoms with Gasteiger partial charge in [0.15, 0.2) is 0 Å². The first-order valence-electron chi connectivity index (χ1n) is 5.71. The van der Waals surface area contributed by atoms with E-state index >= 15 is 0 Å². The largest absolute Gasteiger partial charge is 0.496 e. The number of carbonyl (C=O) groups excluding carboxylic acids is 1. The number of methoxy groups -OCH3 is 1. The lowest BCUT2D eigenvalue weighted by atomic mass is 10.1. The zero-order valence-corrected chi connectivity index (χ0v) is 12.1. The molecule has 0 saturated heterocycles. The molecule has 2 aromatic rings. The Bertz CT molecular complexity index is 660. The molecule has 0 heterocycles. The highest BCUT2D eigenvalue weighted by atomic mass is 35.5. The molecule has 2 rings (SSSR count). The van der Waals surface area contributed by atoms with Crippen LogP contribution in [0.2, 0.25) is 10.0 Å². The van der Waals surface area contributed by atoms with E-state index in [0.29, 0.717) is 32.7 Å². The Morgan fingerprint density at radius 1 is 1.20 bits per heavy atom. The SMILES string of the molecule is COc1cc(N)ccc1C(=O)Nc1cc(Cl)ccc1Cl. The summed E-state index contributed by atoms with van der Waals surface area (Å²) < 4.78 is 5.14. The molecular formula is C14H12Cl2N2O2. The van der Waals surface area contributed by atoms with E-state index in [1.54, 1.807) is 36.4 Å². The molecule has 0 spiro atoms. The van der Waals surface area contributed by atoms with Gasteiger partial charge in [0.1, 0.15) is 5.75 Å². The maximum Gasteiger partial charge on any atom is 0.259 e. The molecule has 1 amide bonds. The molecule has 0 unspecified atom stereocenters. The van der Waals surface area contributed by atoms with Crippen LogP contribution in [0.3, 0.4) is 0 Å². The molecule has 104 valence electrons. The van der Waals surface area contributed by atoms with Gasteiger partial charge in [0.25, 0.3) is 5.91 Å². The van der Waals surface area contributed by atoms with Crippen molar-refractivity contribution in [3.63, 3.8) is 0 Å². The third-order valence-electron chi connectivity index (χ3n) is 2.65. The molecule has 3 N–H and O–H groups in total. The van der Waals surface area contributed by atoms with Gasteiger partial charge in [-0.05, 0) is 30.3 Å². The van der Waals surface area contributed by atoms with Gasteiger partial charge in [0, 0.05) is 16.8 Å². The molecule has 0 bridgehead atoms. The van der Waals surface area contributed by atoms with Gasteiger partial charge in [-0.25, -0.2) is 0 Å². The van der Waals surface area contributed by atoms with E-state index in [1.165, 1.54) is 7.11 Å². The predicted molar refractivity (Wildman–Crippen MR) is 81.8 cm³/mol. The van der Waals surface area contributed by atoms with Crippen molar-refractivity contribution in [2.75, 3.05) is 18.2 Å². The highest BCUT2D eigenvalue weighted by molar-refractivity contribution is 6.35. The number of amides is 1. The van der Waals surface area contributed by atoms with Crippen LogP contribution in [0.5, 0.6) is 5.75 Å². The Morgan fingerprint density at radius 3 is 2.65 bits per heavy atom. The summed E-state index contributed by atoms with van der Waals surface area (Å²) in [6, 6.07) is 9.61. The topological polar surface area (TPSA) is 64.3 Å². The zero-order valence-electron chi connectivity index (χ0n) is 10.6. The molecule has 0 aliphatic heterocycles. The molecule has 0 aromatic heterocycles. The van der Waals surface area contributed by atoms with E-state index in [1.807, 2.05) is 0 Å². The van der Waals surface area contributed by atoms with Gasteiger partial charge in [-0.1, -0.05) is 23.2 Å². The molecule has 20 heavy (non-hydrogen) atoms. The fraction of sp³-hybridized carbons (Fsp3) is 0.0714. The number of rotatable bonds is 3. The van der Waals surface area contributed by atoms with Crippen LogP contribution in [0.1, 0.15) is 10.4 Å². The zero-order chi connectivity index (χ0) is 14.7. The van der Waals surface area contributed by atoms with E-state index in [0.717, 1.165) is 0 Å². The van der Waals surface area contributed by atoms with Crippen LogP contribution < -0.4 is 15.8 Å². The van der Waals surface area contributed by atoms with Crippen molar-refractivity contribution in [1.82, 2.24) is 0 Å². The number of benzene rings is 2. The van der Waals surface area contributed by atoms with Crippen LogP contribution in [0, 0.1) is 0 Å². The van der Waals surface area contributed by atoms with Gasteiger partial charge in [-0.15, -0.1) is 0 Å². The number of carbonyl (C=O) groups is 1. The van der Waals surface area contributed by atoms with Crippen LogP contribution in [-0.2, 0) is 0 Å². The third-order valence-corrected chi connectivity index (χ3v) is 3.21. The third kappa shape index (κ3) is 3.15. The summed E-state index contributed by atoms with van der Waals surface area (Å²) in [5.74, 6) is 0.0340. The van der Waals surface area contributed by atoms with Crippen molar-refractivity contribution in [3.05, 3.63) is 52.0 Å². The Hall–Kier alpha value is -1.91. The predicted octanol–water partition coefficient (Wildman–Crippen LogP) is 3.84. The maximum atomic E-state index is 12.2. The number of nitrogens with one attached hydrogen (secondary N) is 1. The van der Waals surface area contributed by atoms with E-state index < -0.39 is 0 Å². The molecular weight excluding hydrogens is 299 g/mol. The van der Waals surface area contributed by atoms with Gasteiger partial charge in [-0.3, -0.25) is 4.79 Å². The maximum absolute atomic E-state index is 12.2. The first-order chi connectivity index (χ1) is 9.51. The minimum atomic E-state index is -0.356. The highest BCUT2D eigenvalue weighted by Crippen LogP contribution is 2.27. The summed E-state index contributed by atoms with van der Waals surface area (Å²) in [7, 11) is 1.47. The average Bonchev–Trinajstić information content (AvgIpc) is 2.42. The van der Waals surface area contributed by atoms with Gasteiger partial charge in [0.05, 0.1) is 23.4 Å². The fourth-order valence-corrected chi connectivity index (χ4v) is 2.02. The molecule has 4 nitrogen and oxygen atoms in total. The second kappa shape index (κ2) is 6.03. The van der Waals surface area contributed by atoms with Crippen molar-refractivity contribution in [1.29, 1.82) is 0 Å². The van der Waals surface area contributed by atoms with Crippen LogP contribution in [0.4, 0.5) is 11.4 Å². The van der Waals surface area contributed by atoms with Crippen LogP contribution in [-0.4, -0.2) is 13.0 Å². The molecule has 0 aliphatic rings. The summed E-state index contributed by atoms with van der Waals surface area (Å²) in [5.41, 5.74) is 6.96. The Kier molecular flexibility index (Phi) is 4.37. The van der Waals surface area contributed by atoms with Gasteiger partial charge < -0.3 is 15.8 Å². The summed E-state index contributed by atoms with van der Waals surface area (Å²) in [6.07, 6.45) is 0. The number of anilines is 2. The number of nitrogen functional groups attached to an aromatic ring is 1. The first kappa shape index (κ1) is 14.5. The number of ether oxygens (including phenoxy) is 1. The molecule has 0 atom stereocenters. The van der Waals surface area contributed by atoms with Gasteiger partial charge in [-0.2, -0.15) is 0 Å². The van der Waals surface area contributed by atoms with E-state index in [9.17, 15) is 4.79 Å². The molecule has 0 radical (unpaired) electrons. The smallest absolute Gasteiger partial charge is 0.259 e. The lowest BCUT2D eigenvalue weighted by Gasteiger charge is -2.11. The number of nitrogens with two attached hydrogens (primary N) is 1. The van der Waals surface area contributed by atoms with Crippen LogP contribution >= 0.6 is 23.2 Å². The van der Waals surface area contributed by atoms with E-state index in [2.05, 4.69) is 5.32 Å². The van der Waals surface area contributed by atoms with Crippen molar-refractivity contribution in [3.8, 4) is 5.75 Å². The van der Waals surface area contributed by atoms with Crippen molar-refractivity contribution in [2.24, 2.45) is 0 Å². The Labute approximate surface area is 126 Å². The fourth-order valence-electron chi connectivity index (χ4n) is 1.68. The number of hydrogen-bond acceptors (Lipinski definition) is 3. The second-order valence-corrected chi connectivity index (χ2v) is 4.88. The van der Waals surface area contributed by atoms with Crippen molar-refractivity contribution >= 4 is 40.5 Å². The molecule has 6 heteroatoms. The molecule has 0 fully saturated rings. The second-order valence-electron chi connectivity index (χ2n) is 4.04. The molecule has 0 aliphatic carbocycles. The monoisotopic (exact) mass is 310 g/mol. The first-order valence-corrected chi connectivity index (χ1v) is 6.47. The average molecular weight is 311 g/mol. The number of hydrogen-bond donors (Lipinski definition) is 2. The lowest BCUT2D eigenvalue weighted by Crippen LogP contribution is -2.13. The van der Waals surface area contributed by atoms with Gasteiger partial charge in [0.2, 0.25) is 0 Å². The van der Waals surface area contributed by atoms with Crippen molar-refractivity contribution in [2.45, 2.75) is 0 Å². The molecule has 2 aromatic carbocycles.